The van der Waals surface area contributed by atoms with Crippen molar-refractivity contribution in [3.8, 4) is 0 Å². The van der Waals surface area contributed by atoms with Crippen molar-refractivity contribution >= 4 is 24.8 Å². The molecule has 37 valence electrons. The molecule has 0 rings (SSSR count). The Morgan fingerprint density at radius 1 is 1.71 bits per heavy atom. The van der Waals surface area contributed by atoms with E-state index in [0.717, 1.165) is 0 Å². The van der Waals surface area contributed by atoms with Crippen molar-refractivity contribution in [2.75, 3.05) is 7.11 Å². The monoisotopic (exact) mass is 95.1 g/mol. The zero-order chi connectivity index (χ0) is 4.99. The first-order valence-electron chi connectivity index (χ1n) is 1.88. The third-order valence-electron chi connectivity index (χ3n) is 0.516. The summed E-state index contributed by atoms with van der Waals surface area (Å²) < 4.78 is 4.26. The number of carbonyl (C=O) groups excluding carboxylic acids is 1. The van der Waals surface area contributed by atoms with Gasteiger partial charge in [0.2, 0.25) is 0 Å². The molecule has 0 fully saturated rings. The van der Waals surface area contributed by atoms with E-state index in [-0.39, 0.29) is 24.8 Å². The van der Waals surface area contributed by atoms with Gasteiger partial charge in [0.05, 0.1) is 7.11 Å². The number of esters is 1. The average molecular weight is 95.0 g/mol. The quantitative estimate of drug-likeness (QED) is 0.343. The van der Waals surface area contributed by atoms with Crippen LogP contribution < -0.4 is 0 Å². The average Bonchev–Trinajstić information content (AvgIpc) is 1.65. The van der Waals surface area contributed by atoms with Crippen LogP contribution in [0.25, 0.3) is 0 Å². The van der Waals surface area contributed by atoms with Crippen LogP contribution in [0.15, 0.2) is 0 Å². The van der Waals surface area contributed by atoms with Crippen LogP contribution in [0, 0.1) is 0 Å². The Labute approximate surface area is 55.4 Å². The maximum atomic E-state index is 9.96. The van der Waals surface area contributed by atoms with Crippen LogP contribution in [0.5, 0.6) is 0 Å². The molecular weight excluding hydrogens is 87.0 g/mol. The Bertz CT molecular complexity index is 47.7. The summed E-state index contributed by atoms with van der Waals surface area (Å²) in [7, 11) is 1.38. The van der Waals surface area contributed by atoms with E-state index in [1.54, 1.807) is 6.92 Å². The minimum atomic E-state index is -0.157. The van der Waals surface area contributed by atoms with Gasteiger partial charge in [0.1, 0.15) is 0 Å². The van der Waals surface area contributed by atoms with Gasteiger partial charge in [-0.2, -0.15) is 0 Å². The van der Waals surface area contributed by atoms with Crippen molar-refractivity contribution in [1.29, 1.82) is 0 Å². The van der Waals surface area contributed by atoms with Gasteiger partial charge in [-0.15, -0.1) is 0 Å². The first kappa shape index (κ1) is 10.1. The minimum Gasteiger partial charge on any atom is -0.469 e. The fourth-order valence-electron chi connectivity index (χ4n) is 0.144. The molecule has 7 heavy (non-hydrogen) atoms. The molecule has 3 heteroatoms. The van der Waals surface area contributed by atoms with Gasteiger partial charge in [0.25, 0.3) is 0 Å². The molecule has 0 heterocycles. The van der Waals surface area contributed by atoms with E-state index in [4.69, 9.17) is 0 Å². The van der Waals surface area contributed by atoms with Crippen molar-refractivity contribution < 1.29 is 9.53 Å². The predicted octanol–water partition coefficient (Wildman–Crippen LogP) is 0.189. The summed E-state index contributed by atoms with van der Waals surface area (Å²) >= 11 is 0. The van der Waals surface area contributed by atoms with Gasteiger partial charge in [-0.3, -0.25) is 4.79 Å². The molecule has 0 N–H and O–H groups in total. The van der Waals surface area contributed by atoms with Crippen molar-refractivity contribution in [1.82, 2.24) is 0 Å². The van der Waals surface area contributed by atoms with Gasteiger partial charge in [-0.25, -0.2) is 0 Å². The molecule has 0 aliphatic heterocycles. The van der Waals surface area contributed by atoms with Crippen molar-refractivity contribution in [3.63, 3.8) is 0 Å². The molecule has 0 amide bonds. The Kier molecular flexibility index (Phi) is 8.78. The number of hydrogen-bond acceptors (Lipinski definition) is 2. The van der Waals surface area contributed by atoms with Gasteiger partial charge < -0.3 is 4.74 Å². The molecule has 0 aromatic rings. The Hall–Kier alpha value is 0.0674. The van der Waals surface area contributed by atoms with Gasteiger partial charge in [0.15, 0.2) is 0 Å². The van der Waals surface area contributed by atoms with Gasteiger partial charge >= 0.3 is 5.97 Å². The van der Waals surface area contributed by atoms with E-state index in [1.807, 2.05) is 0 Å². The zero-order valence-electron chi connectivity index (χ0n) is 5.02. The number of ether oxygens (including phenoxy) is 1. The molecule has 0 saturated heterocycles. The Morgan fingerprint density at radius 2 is 2.14 bits per heavy atom. The molecule has 1 radical (unpaired) electrons. The first-order chi connectivity index (χ1) is 2.81. The van der Waals surface area contributed by atoms with Gasteiger partial charge in [0, 0.05) is 25.3 Å². The second-order valence-electron chi connectivity index (χ2n) is 0.930. The molecule has 0 bridgehead atoms. The van der Waals surface area contributed by atoms with Crippen LogP contribution in [-0.4, -0.2) is 31.9 Å². The normalized spacial score (nSPS) is 6.57. The van der Waals surface area contributed by atoms with Crippen LogP contribution in [0.4, 0.5) is 0 Å². The maximum Gasteiger partial charge on any atom is 0.305 e. The third kappa shape index (κ3) is 6.07. The van der Waals surface area contributed by atoms with E-state index in [2.05, 4.69) is 4.74 Å². The molecule has 0 aliphatic rings. The van der Waals surface area contributed by atoms with Crippen LogP contribution in [0.1, 0.15) is 13.3 Å². The molecule has 2 nitrogen and oxygen atoms in total. The largest absolute Gasteiger partial charge is 0.469 e. The predicted molar refractivity (Wildman–Crippen MR) is 28.1 cm³/mol. The van der Waals surface area contributed by atoms with Crippen LogP contribution >= 0.6 is 0 Å². The summed E-state index contributed by atoms with van der Waals surface area (Å²) in [5.74, 6) is -0.157. The summed E-state index contributed by atoms with van der Waals surface area (Å²) in [6.45, 7) is 1.76. The van der Waals surface area contributed by atoms with Gasteiger partial charge in [-0.1, -0.05) is 6.92 Å². The molecule has 0 unspecified atom stereocenters. The third-order valence-corrected chi connectivity index (χ3v) is 0.516. The van der Waals surface area contributed by atoms with Crippen molar-refractivity contribution in [2.45, 2.75) is 13.3 Å². The van der Waals surface area contributed by atoms with Gasteiger partial charge in [-0.05, 0) is 0 Å². The molecule has 0 saturated carbocycles. The minimum absolute atomic E-state index is 0. The fourth-order valence-corrected chi connectivity index (χ4v) is 0.144. The molecule has 0 atom stereocenters. The van der Waals surface area contributed by atoms with Crippen LogP contribution in [0.3, 0.4) is 0 Å². The van der Waals surface area contributed by atoms with Crippen LogP contribution in [0.2, 0.25) is 0 Å². The van der Waals surface area contributed by atoms with E-state index in [0.29, 0.717) is 6.42 Å². The summed E-state index contributed by atoms with van der Waals surface area (Å²) in [5.41, 5.74) is 0. The Morgan fingerprint density at radius 3 is 2.14 bits per heavy atom. The smallest absolute Gasteiger partial charge is 0.305 e. The van der Waals surface area contributed by atoms with E-state index in [9.17, 15) is 4.79 Å². The van der Waals surface area contributed by atoms with Crippen LogP contribution in [-0.2, 0) is 9.53 Å². The first-order valence-corrected chi connectivity index (χ1v) is 1.88. The molecule has 0 aromatic carbocycles. The summed E-state index contributed by atoms with van der Waals surface area (Å²) in [4.78, 5) is 9.96. The number of hydrogen-bond donors (Lipinski definition) is 0. The second kappa shape index (κ2) is 6.07. The van der Waals surface area contributed by atoms with Crippen molar-refractivity contribution in [2.24, 2.45) is 0 Å². The van der Waals surface area contributed by atoms with Crippen molar-refractivity contribution in [3.05, 3.63) is 0 Å². The maximum absolute atomic E-state index is 9.96. The standard InChI is InChI=1S/C4H8O2.Li/c1-3-4(5)6-2;/h3H2,1-2H3;. The number of methoxy groups -OCH3 is 1. The van der Waals surface area contributed by atoms with E-state index < -0.39 is 0 Å². The molecule has 0 spiro atoms. The van der Waals surface area contributed by atoms with E-state index >= 15 is 0 Å². The molecule has 0 aromatic heterocycles. The summed E-state index contributed by atoms with van der Waals surface area (Å²) in [6.07, 6.45) is 0.469. The SMILES string of the molecule is CCC(=O)OC.[Li]. The summed E-state index contributed by atoms with van der Waals surface area (Å²) in [6, 6.07) is 0. The molecular formula is C4H8LiO2. The zero-order valence-corrected chi connectivity index (χ0v) is 5.02. The molecule has 0 aliphatic carbocycles. The Balaban J connectivity index is 0. The number of carbonyl (C=O) groups is 1. The number of rotatable bonds is 1. The summed E-state index contributed by atoms with van der Waals surface area (Å²) in [5, 5.41) is 0. The topological polar surface area (TPSA) is 26.3 Å². The fraction of sp³-hybridized carbons (Fsp3) is 0.750. The van der Waals surface area contributed by atoms with E-state index in [1.165, 1.54) is 7.11 Å². The second-order valence-corrected chi connectivity index (χ2v) is 0.930.